The van der Waals surface area contributed by atoms with Gasteiger partial charge in [-0.15, -0.1) is 0 Å². The standard InChI is InChI=1S/C15H18N2O2/c1-9(15(18)19)7-10-5-6-12-13(8-10)17-14(16-12)11-3-2-4-11/h5-6,8-9,11H,2-4,7H2,1H3,(H,16,17)(H,18,19). The van der Waals surface area contributed by atoms with E-state index in [0.29, 0.717) is 12.3 Å². The van der Waals surface area contributed by atoms with E-state index in [4.69, 9.17) is 5.11 Å². The van der Waals surface area contributed by atoms with Crippen molar-refractivity contribution in [2.45, 2.75) is 38.5 Å². The monoisotopic (exact) mass is 258 g/mol. The highest BCUT2D eigenvalue weighted by Gasteiger charge is 2.22. The second-order valence-corrected chi connectivity index (χ2v) is 5.54. The summed E-state index contributed by atoms with van der Waals surface area (Å²) in [7, 11) is 0. The molecule has 0 aliphatic heterocycles. The van der Waals surface area contributed by atoms with Crippen molar-refractivity contribution >= 4 is 17.0 Å². The normalized spacial score (nSPS) is 17.3. The number of aliphatic carboxylic acids is 1. The summed E-state index contributed by atoms with van der Waals surface area (Å²) in [6, 6.07) is 6.00. The van der Waals surface area contributed by atoms with E-state index in [1.54, 1.807) is 6.92 Å². The van der Waals surface area contributed by atoms with Crippen LogP contribution < -0.4 is 0 Å². The maximum atomic E-state index is 10.9. The fourth-order valence-electron chi connectivity index (χ4n) is 2.52. The van der Waals surface area contributed by atoms with Crippen molar-refractivity contribution in [2.75, 3.05) is 0 Å². The molecule has 19 heavy (non-hydrogen) atoms. The minimum absolute atomic E-state index is 0.355. The number of benzene rings is 1. The van der Waals surface area contributed by atoms with E-state index in [1.165, 1.54) is 19.3 Å². The van der Waals surface area contributed by atoms with Gasteiger partial charge in [0.25, 0.3) is 0 Å². The molecule has 4 nitrogen and oxygen atoms in total. The van der Waals surface area contributed by atoms with Crippen molar-refractivity contribution in [3.05, 3.63) is 29.6 Å². The minimum atomic E-state index is -0.750. The van der Waals surface area contributed by atoms with Crippen molar-refractivity contribution in [1.82, 2.24) is 9.97 Å². The number of hydrogen-bond donors (Lipinski definition) is 2. The molecule has 1 saturated carbocycles. The molecule has 0 saturated heterocycles. The number of nitrogens with zero attached hydrogens (tertiary/aromatic N) is 1. The van der Waals surface area contributed by atoms with Gasteiger partial charge in [-0.1, -0.05) is 19.4 Å². The Kier molecular flexibility index (Phi) is 3.01. The number of aromatic nitrogens is 2. The zero-order valence-corrected chi connectivity index (χ0v) is 11.0. The highest BCUT2D eigenvalue weighted by Crippen LogP contribution is 2.35. The number of fused-ring (bicyclic) bond motifs is 1. The van der Waals surface area contributed by atoms with Gasteiger partial charge < -0.3 is 10.1 Å². The molecule has 4 heteroatoms. The van der Waals surface area contributed by atoms with Crippen LogP contribution in [0.2, 0.25) is 0 Å². The first-order chi connectivity index (χ1) is 9.13. The number of imidazole rings is 1. The predicted octanol–water partition coefficient (Wildman–Crippen LogP) is 3.09. The second kappa shape index (κ2) is 4.68. The van der Waals surface area contributed by atoms with Crippen molar-refractivity contribution in [3.63, 3.8) is 0 Å². The summed E-state index contributed by atoms with van der Waals surface area (Å²) in [5, 5.41) is 8.95. The van der Waals surface area contributed by atoms with Gasteiger partial charge in [0.2, 0.25) is 0 Å². The minimum Gasteiger partial charge on any atom is -0.481 e. The Morgan fingerprint density at radius 1 is 1.53 bits per heavy atom. The number of aromatic amines is 1. The van der Waals surface area contributed by atoms with Gasteiger partial charge in [0, 0.05) is 5.92 Å². The van der Waals surface area contributed by atoms with Crippen LogP contribution in [-0.4, -0.2) is 21.0 Å². The third-order valence-electron chi connectivity index (χ3n) is 4.02. The van der Waals surface area contributed by atoms with Crippen LogP contribution in [0, 0.1) is 5.92 Å². The van der Waals surface area contributed by atoms with Gasteiger partial charge in [-0.05, 0) is 37.0 Å². The van der Waals surface area contributed by atoms with Gasteiger partial charge in [0.05, 0.1) is 17.0 Å². The van der Waals surface area contributed by atoms with Crippen molar-refractivity contribution in [2.24, 2.45) is 5.92 Å². The fraction of sp³-hybridized carbons (Fsp3) is 0.467. The Balaban J connectivity index is 1.85. The molecule has 1 atom stereocenters. The molecule has 3 rings (SSSR count). The fourth-order valence-corrected chi connectivity index (χ4v) is 2.52. The summed E-state index contributed by atoms with van der Waals surface area (Å²) in [6.45, 7) is 1.74. The van der Waals surface area contributed by atoms with Gasteiger partial charge >= 0.3 is 5.97 Å². The number of carboxylic acid groups (broad SMARTS) is 1. The van der Waals surface area contributed by atoms with Gasteiger partial charge in [0.1, 0.15) is 5.82 Å². The quantitative estimate of drug-likeness (QED) is 0.885. The number of carbonyl (C=O) groups is 1. The maximum absolute atomic E-state index is 10.9. The van der Waals surface area contributed by atoms with E-state index in [1.807, 2.05) is 18.2 Å². The maximum Gasteiger partial charge on any atom is 0.306 e. The Morgan fingerprint density at radius 2 is 2.32 bits per heavy atom. The van der Waals surface area contributed by atoms with E-state index >= 15 is 0 Å². The van der Waals surface area contributed by atoms with Gasteiger partial charge in [0.15, 0.2) is 0 Å². The summed E-state index contributed by atoms with van der Waals surface area (Å²) in [6.07, 6.45) is 4.30. The van der Waals surface area contributed by atoms with E-state index in [0.717, 1.165) is 22.4 Å². The molecule has 1 unspecified atom stereocenters. The van der Waals surface area contributed by atoms with E-state index in [2.05, 4.69) is 9.97 Å². The number of rotatable bonds is 4. The molecule has 2 N–H and O–H groups in total. The van der Waals surface area contributed by atoms with Gasteiger partial charge in [-0.3, -0.25) is 4.79 Å². The molecule has 1 heterocycles. The molecule has 0 spiro atoms. The molecule has 1 aliphatic rings. The molecular weight excluding hydrogens is 240 g/mol. The highest BCUT2D eigenvalue weighted by molar-refractivity contribution is 5.76. The first-order valence-corrected chi connectivity index (χ1v) is 6.85. The zero-order chi connectivity index (χ0) is 13.4. The molecular formula is C15H18N2O2. The topological polar surface area (TPSA) is 66.0 Å². The smallest absolute Gasteiger partial charge is 0.306 e. The van der Waals surface area contributed by atoms with Crippen LogP contribution in [0.5, 0.6) is 0 Å². The SMILES string of the molecule is CC(Cc1ccc2nc(C3CCC3)[nH]c2c1)C(=O)O. The highest BCUT2D eigenvalue weighted by atomic mass is 16.4. The Bertz CT molecular complexity index is 614. The first-order valence-electron chi connectivity index (χ1n) is 6.85. The average molecular weight is 258 g/mol. The van der Waals surface area contributed by atoms with Crippen LogP contribution in [0.1, 0.15) is 43.5 Å². The van der Waals surface area contributed by atoms with Gasteiger partial charge in [-0.25, -0.2) is 4.98 Å². The number of carboxylic acids is 1. The van der Waals surface area contributed by atoms with E-state index < -0.39 is 5.97 Å². The van der Waals surface area contributed by atoms with Crippen molar-refractivity contribution < 1.29 is 9.90 Å². The zero-order valence-electron chi connectivity index (χ0n) is 11.0. The molecule has 100 valence electrons. The average Bonchev–Trinajstić information content (AvgIpc) is 2.68. The van der Waals surface area contributed by atoms with E-state index in [-0.39, 0.29) is 5.92 Å². The second-order valence-electron chi connectivity index (χ2n) is 5.54. The van der Waals surface area contributed by atoms with Crippen LogP contribution in [0.4, 0.5) is 0 Å². The lowest BCUT2D eigenvalue weighted by atomic mass is 9.85. The number of nitrogens with one attached hydrogen (secondary N) is 1. The van der Waals surface area contributed by atoms with Crippen LogP contribution in [-0.2, 0) is 11.2 Å². The summed E-state index contributed by atoms with van der Waals surface area (Å²) in [5.41, 5.74) is 3.05. The van der Waals surface area contributed by atoms with Crippen LogP contribution >= 0.6 is 0 Å². The Hall–Kier alpha value is -1.84. The Labute approximate surface area is 111 Å². The number of hydrogen-bond acceptors (Lipinski definition) is 2. The lowest BCUT2D eigenvalue weighted by Gasteiger charge is -2.22. The molecule has 0 bridgehead atoms. The summed E-state index contributed by atoms with van der Waals surface area (Å²) in [4.78, 5) is 18.9. The third kappa shape index (κ3) is 2.35. The molecule has 0 amide bonds. The molecule has 1 aliphatic carbocycles. The van der Waals surface area contributed by atoms with Crippen molar-refractivity contribution in [1.29, 1.82) is 0 Å². The predicted molar refractivity (Wildman–Crippen MR) is 73.2 cm³/mol. The molecule has 1 aromatic heterocycles. The first kappa shape index (κ1) is 12.2. The van der Waals surface area contributed by atoms with Crippen LogP contribution in [0.25, 0.3) is 11.0 Å². The molecule has 2 aromatic rings. The van der Waals surface area contributed by atoms with Gasteiger partial charge in [-0.2, -0.15) is 0 Å². The summed E-state index contributed by atoms with van der Waals surface area (Å²) >= 11 is 0. The van der Waals surface area contributed by atoms with Crippen LogP contribution in [0.3, 0.4) is 0 Å². The number of H-pyrrole nitrogens is 1. The van der Waals surface area contributed by atoms with Crippen LogP contribution in [0.15, 0.2) is 18.2 Å². The third-order valence-corrected chi connectivity index (χ3v) is 4.02. The summed E-state index contributed by atoms with van der Waals surface area (Å²) < 4.78 is 0. The lowest BCUT2D eigenvalue weighted by molar-refractivity contribution is -0.141. The van der Waals surface area contributed by atoms with E-state index in [9.17, 15) is 4.79 Å². The summed E-state index contributed by atoms with van der Waals surface area (Å²) in [5.74, 6) is 0.574. The molecule has 0 radical (unpaired) electrons. The largest absolute Gasteiger partial charge is 0.481 e. The lowest BCUT2D eigenvalue weighted by Crippen LogP contribution is -2.12. The molecule has 1 aromatic carbocycles. The Morgan fingerprint density at radius 3 is 2.95 bits per heavy atom. The molecule has 1 fully saturated rings. The van der Waals surface area contributed by atoms with Crippen molar-refractivity contribution in [3.8, 4) is 0 Å².